The first-order chi connectivity index (χ1) is 11.2. The van der Waals surface area contributed by atoms with E-state index in [9.17, 15) is 4.79 Å². The summed E-state index contributed by atoms with van der Waals surface area (Å²) in [5.74, 6) is 0.503. The lowest BCUT2D eigenvalue weighted by molar-refractivity contribution is -0.121. The zero-order valence-electron chi connectivity index (χ0n) is 12.5. The topological polar surface area (TPSA) is 80.4 Å². The summed E-state index contributed by atoms with van der Waals surface area (Å²) in [6.07, 6.45) is 2.14. The summed E-state index contributed by atoms with van der Waals surface area (Å²) in [4.78, 5) is 20.1. The minimum atomic E-state index is -0.0561. The maximum Gasteiger partial charge on any atom is 0.246 e. The molecule has 1 atom stereocenters. The van der Waals surface area contributed by atoms with Crippen LogP contribution in [-0.4, -0.2) is 21.6 Å². The number of fused-ring (bicyclic) bond motifs is 1. The molecule has 1 N–H and O–H groups in total. The first kappa shape index (κ1) is 13.6. The van der Waals surface area contributed by atoms with Crippen LogP contribution in [0.25, 0.3) is 22.7 Å². The molecule has 0 saturated carbocycles. The van der Waals surface area contributed by atoms with Crippen molar-refractivity contribution in [3.05, 3.63) is 48.2 Å². The normalized spacial score (nSPS) is 17.9. The van der Waals surface area contributed by atoms with Gasteiger partial charge in [-0.3, -0.25) is 9.78 Å². The third-order valence-corrected chi connectivity index (χ3v) is 3.83. The van der Waals surface area contributed by atoms with Gasteiger partial charge >= 0.3 is 0 Å². The molecule has 4 rings (SSSR count). The fraction of sp³-hybridized carbons (Fsp3) is 0.176. The predicted molar refractivity (Wildman–Crippen MR) is 85.7 cm³/mol. The minimum Gasteiger partial charge on any atom is -0.435 e. The molecule has 6 nitrogen and oxygen atoms in total. The van der Waals surface area contributed by atoms with E-state index in [0.717, 1.165) is 16.8 Å². The van der Waals surface area contributed by atoms with Crippen molar-refractivity contribution in [1.29, 1.82) is 0 Å². The summed E-state index contributed by atoms with van der Waals surface area (Å²) in [7, 11) is 0. The van der Waals surface area contributed by atoms with Gasteiger partial charge in [-0.25, -0.2) is 10.4 Å². The van der Waals surface area contributed by atoms with Crippen molar-refractivity contribution in [1.82, 2.24) is 15.4 Å². The lowest BCUT2D eigenvalue weighted by atomic mass is 9.94. The summed E-state index contributed by atoms with van der Waals surface area (Å²) in [5, 5.41) is 4.18. The maximum atomic E-state index is 11.4. The van der Waals surface area contributed by atoms with E-state index in [-0.39, 0.29) is 11.8 Å². The Kier molecular flexibility index (Phi) is 3.15. The summed E-state index contributed by atoms with van der Waals surface area (Å²) in [6.45, 7) is 1.99. The largest absolute Gasteiger partial charge is 0.435 e. The van der Waals surface area contributed by atoms with Crippen LogP contribution in [0, 0.1) is 5.92 Å². The quantitative estimate of drug-likeness (QED) is 0.789. The Bertz CT molecular complexity index is 915. The zero-order chi connectivity index (χ0) is 15.8. The molecule has 1 aliphatic heterocycles. The summed E-state index contributed by atoms with van der Waals surface area (Å²) < 4.78 is 5.83. The first-order valence-corrected chi connectivity index (χ1v) is 7.39. The number of benzene rings is 1. The van der Waals surface area contributed by atoms with Gasteiger partial charge in [0.05, 0.1) is 5.71 Å². The Hall–Kier alpha value is -3.02. The number of aromatic nitrogens is 2. The predicted octanol–water partition coefficient (Wildman–Crippen LogP) is 2.75. The van der Waals surface area contributed by atoms with Crippen LogP contribution in [0.1, 0.15) is 18.9 Å². The summed E-state index contributed by atoms with van der Waals surface area (Å²) >= 11 is 0. The minimum absolute atomic E-state index is 0.0561. The van der Waals surface area contributed by atoms with Gasteiger partial charge in [-0.2, -0.15) is 5.10 Å². The Labute approximate surface area is 132 Å². The highest BCUT2D eigenvalue weighted by molar-refractivity contribution is 6.07. The second-order valence-electron chi connectivity index (χ2n) is 5.55. The van der Waals surface area contributed by atoms with Gasteiger partial charge in [0.1, 0.15) is 11.2 Å². The molecule has 0 bridgehead atoms. The van der Waals surface area contributed by atoms with Crippen LogP contribution in [0.2, 0.25) is 0 Å². The van der Waals surface area contributed by atoms with E-state index < -0.39 is 0 Å². The van der Waals surface area contributed by atoms with Crippen molar-refractivity contribution >= 4 is 22.7 Å². The van der Waals surface area contributed by atoms with Crippen molar-refractivity contribution in [2.45, 2.75) is 13.3 Å². The molecule has 1 aromatic carbocycles. The number of carbonyl (C=O) groups excluding carboxylic acids is 1. The molecule has 3 aromatic rings. The number of rotatable bonds is 2. The maximum absolute atomic E-state index is 11.4. The van der Waals surface area contributed by atoms with Crippen LogP contribution in [0.15, 0.2) is 52.1 Å². The number of oxazole rings is 1. The lowest BCUT2D eigenvalue weighted by Crippen LogP contribution is -2.31. The Morgan fingerprint density at radius 3 is 2.96 bits per heavy atom. The number of hydrogen-bond donors (Lipinski definition) is 1. The highest BCUT2D eigenvalue weighted by Gasteiger charge is 2.22. The van der Waals surface area contributed by atoms with Crippen LogP contribution in [0.4, 0.5) is 0 Å². The van der Waals surface area contributed by atoms with Gasteiger partial charge in [-0.05, 0) is 24.3 Å². The van der Waals surface area contributed by atoms with Crippen molar-refractivity contribution < 1.29 is 9.21 Å². The van der Waals surface area contributed by atoms with Crippen LogP contribution < -0.4 is 5.43 Å². The fourth-order valence-electron chi connectivity index (χ4n) is 2.69. The number of pyridine rings is 1. The molecule has 23 heavy (non-hydrogen) atoms. The molecule has 0 radical (unpaired) electrons. The van der Waals surface area contributed by atoms with E-state index in [4.69, 9.17) is 4.42 Å². The van der Waals surface area contributed by atoms with Crippen molar-refractivity contribution in [3.8, 4) is 11.6 Å². The fourth-order valence-corrected chi connectivity index (χ4v) is 2.69. The molecule has 6 heteroatoms. The Morgan fingerprint density at radius 2 is 2.17 bits per heavy atom. The average Bonchev–Trinajstić information content (AvgIpc) is 2.99. The van der Waals surface area contributed by atoms with Crippen molar-refractivity contribution in [2.24, 2.45) is 11.0 Å². The third-order valence-electron chi connectivity index (χ3n) is 3.83. The number of carbonyl (C=O) groups is 1. The van der Waals surface area contributed by atoms with Crippen molar-refractivity contribution in [2.75, 3.05) is 0 Å². The first-order valence-electron chi connectivity index (χ1n) is 7.39. The second kappa shape index (κ2) is 5.31. The van der Waals surface area contributed by atoms with Crippen LogP contribution in [0.3, 0.4) is 0 Å². The third kappa shape index (κ3) is 2.48. The molecule has 3 heterocycles. The molecule has 114 valence electrons. The van der Waals surface area contributed by atoms with E-state index in [1.54, 1.807) is 6.20 Å². The molecular weight excluding hydrogens is 292 g/mol. The molecule has 0 aliphatic carbocycles. The van der Waals surface area contributed by atoms with Gasteiger partial charge in [0.15, 0.2) is 5.58 Å². The second-order valence-corrected chi connectivity index (χ2v) is 5.55. The Balaban J connectivity index is 1.75. The molecule has 0 saturated heterocycles. The number of nitrogens with one attached hydrogen (secondary N) is 1. The summed E-state index contributed by atoms with van der Waals surface area (Å²) in [5.41, 5.74) is 6.44. The zero-order valence-corrected chi connectivity index (χ0v) is 12.5. The van der Waals surface area contributed by atoms with E-state index in [1.807, 2.05) is 43.3 Å². The monoisotopic (exact) mass is 306 g/mol. The molecule has 1 unspecified atom stereocenters. The van der Waals surface area contributed by atoms with Gasteiger partial charge in [0.2, 0.25) is 11.8 Å². The SMILES string of the molecule is CC1CC(=O)NN=C1c1ccc2nc(-c3ccccn3)oc2c1. The number of hydrogen-bond acceptors (Lipinski definition) is 5. The van der Waals surface area contributed by atoms with Gasteiger partial charge < -0.3 is 4.42 Å². The lowest BCUT2D eigenvalue weighted by Gasteiger charge is -2.18. The number of amides is 1. The van der Waals surface area contributed by atoms with E-state index in [2.05, 4.69) is 20.5 Å². The van der Waals surface area contributed by atoms with Crippen LogP contribution in [0.5, 0.6) is 0 Å². The average molecular weight is 306 g/mol. The molecule has 2 aromatic heterocycles. The molecule has 0 spiro atoms. The van der Waals surface area contributed by atoms with Gasteiger partial charge in [-0.1, -0.05) is 19.1 Å². The summed E-state index contributed by atoms with van der Waals surface area (Å²) in [6, 6.07) is 11.3. The molecule has 1 amide bonds. The molecule has 0 fully saturated rings. The van der Waals surface area contributed by atoms with Crippen LogP contribution >= 0.6 is 0 Å². The van der Waals surface area contributed by atoms with Gasteiger partial charge in [0.25, 0.3) is 0 Å². The molecular formula is C17H14N4O2. The highest BCUT2D eigenvalue weighted by Crippen LogP contribution is 2.25. The number of nitrogens with zero attached hydrogens (tertiary/aromatic N) is 3. The van der Waals surface area contributed by atoms with E-state index in [0.29, 0.717) is 23.6 Å². The van der Waals surface area contributed by atoms with E-state index in [1.165, 1.54) is 0 Å². The smallest absolute Gasteiger partial charge is 0.246 e. The van der Waals surface area contributed by atoms with Gasteiger partial charge in [-0.15, -0.1) is 0 Å². The van der Waals surface area contributed by atoms with E-state index >= 15 is 0 Å². The number of hydrazone groups is 1. The van der Waals surface area contributed by atoms with Gasteiger partial charge in [0, 0.05) is 24.1 Å². The van der Waals surface area contributed by atoms with Crippen LogP contribution in [-0.2, 0) is 4.79 Å². The van der Waals surface area contributed by atoms with Crippen molar-refractivity contribution in [3.63, 3.8) is 0 Å². The molecule has 1 aliphatic rings. The standard InChI is InChI=1S/C17H14N4O2/c1-10-8-15(22)20-21-16(10)11-5-6-12-14(9-11)23-17(19-12)13-4-2-3-7-18-13/h2-7,9-10H,8H2,1H3,(H,20,22). The highest BCUT2D eigenvalue weighted by atomic mass is 16.3. The Morgan fingerprint density at radius 1 is 1.26 bits per heavy atom.